The van der Waals surface area contributed by atoms with Gasteiger partial charge in [-0.25, -0.2) is 14.4 Å². The molecule has 2 aliphatic rings. The molecule has 2 fully saturated rings. The largest absolute Gasteiger partial charge is 0.417 e. The first-order chi connectivity index (χ1) is 20.7. The fourth-order valence-electron chi connectivity index (χ4n) is 5.80. The lowest BCUT2D eigenvalue weighted by atomic mass is 10.0. The third-order valence-electron chi connectivity index (χ3n) is 8.16. The molecular weight excluding hydrogens is 582 g/mol. The molecule has 2 aromatic heterocycles. The molecule has 3 aromatic rings. The predicted octanol–water partition coefficient (Wildman–Crippen LogP) is 4.38. The Morgan fingerprint density at radius 1 is 0.977 bits per heavy atom. The van der Waals surface area contributed by atoms with E-state index in [1.807, 2.05) is 44.5 Å². The lowest BCUT2D eigenvalue weighted by Gasteiger charge is -2.44. The third kappa shape index (κ3) is 6.55. The van der Waals surface area contributed by atoms with Gasteiger partial charge in [0.2, 0.25) is 11.5 Å². The van der Waals surface area contributed by atoms with Crippen molar-refractivity contribution in [3.63, 3.8) is 0 Å². The number of aromatic nitrogens is 3. The fourth-order valence-corrected chi connectivity index (χ4v) is 5.80. The quantitative estimate of drug-likeness (QED) is 0.407. The molecule has 0 unspecified atom stereocenters. The fraction of sp³-hybridized carbons (Fsp3) is 0.467. The monoisotopic (exact) mass is 617 g/mol. The van der Waals surface area contributed by atoms with Gasteiger partial charge in [0.1, 0.15) is 5.82 Å². The van der Waals surface area contributed by atoms with E-state index < -0.39 is 34.6 Å². The Morgan fingerprint density at radius 3 is 2.18 bits per heavy atom. The van der Waals surface area contributed by atoms with Crippen LogP contribution in [0.15, 0.2) is 41.6 Å². The molecule has 4 heterocycles. The Hall–Kier alpha value is -4.04. The number of rotatable bonds is 5. The van der Waals surface area contributed by atoms with Crippen LogP contribution < -0.4 is 20.7 Å². The van der Waals surface area contributed by atoms with Gasteiger partial charge in [0.15, 0.2) is 0 Å². The van der Waals surface area contributed by atoms with Crippen LogP contribution in [0.25, 0.3) is 11.1 Å². The number of hydrogen-bond acceptors (Lipinski definition) is 8. The zero-order chi connectivity index (χ0) is 31.9. The minimum atomic E-state index is -4.95. The molecule has 1 aromatic carbocycles. The first-order valence-corrected chi connectivity index (χ1v) is 14.4. The van der Waals surface area contributed by atoms with E-state index in [4.69, 9.17) is 4.74 Å². The highest BCUT2D eigenvalue weighted by molar-refractivity contribution is 6.07. The average molecular weight is 618 g/mol. The number of morpholine rings is 1. The van der Waals surface area contributed by atoms with Crippen molar-refractivity contribution in [3.8, 4) is 11.1 Å². The molecule has 14 heteroatoms. The van der Waals surface area contributed by atoms with Crippen molar-refractivity contribution in [2.24, 2.45) is 0 Å². The van der Waals surface area contributed by atoms with Gasteiger partial charge in [-0.1, -0.05) is 0 Å². The van der Waals surface area contributed by atoms with Gasteiger partial charge in [-0.3, -0.25) is 14.5 Å². The standard InChI is InChI=1S/C30H35F4N7O3/c1-16-12-40(13-17(2)39(16)5)26-8-24(31)21(20-9-36-29(37-10-20)41-14-18(3)44-19(4)15-41)6-25(26)38-28(43)22-11-35-27(42)7-23(22)30(32,33)34/h6-11,16-19H,12-15H2,1-5H3,(H,35,42)(H,38,43)/t16-,17-,18-,19+/m0/s1. The summed E-state index contributed by atoms with van der Waals surface area (Å²) in [6.07, 6.45) is -1.31. The van der Waals surface area contributed by atoms with Gasteiger partial charge in [0.05, 0.1) is 34.7 Å². The van der Waals surface area contributed by atoms with Crippen LogP contribution >= 0.6 is 0 Å². The van der Waals surface area contributed by atoms with Crippen LogP contribution in [0.4, 0.5) is 34.9 Å². The number of nitrogens with one attached hydrogen (secondary N) is 2. The van der Waals surface area contributed by atoms with E-state index in [1.54, 1.807) is 0 Å². The summed E-state index contributed by atoms with van der Waals surface area (Å²) in [6, 6.07) is 3.14. The van der Waals surface area contributed by atoms with Crippen LogP contribution in [-0.4, -0.2) is 83.3 Å². The summed E-state index contributed by atoms with van der Waals surface area (Å²) in [7, 11) is 1.98. The van der Waals surface area contributed by atoms with E-state index >= 15 is 4.39 Å². The summed E-state index contributed by atoms with van der Waals surface area (Å²) in [4.78, 5) is 42.0. The highest BCUT2D eigenvalue weighted by Crippen LogP contribution is 2.37. The third-order valence-corrected chi connectivity index (χ3v) is 8.16. The van der Waals surface area contributed by atoms with Gasteiger partial charge in [-0.05, 0) is 46.9 Å². The van der Waals surface area contributed by atoms with Crippen molar-refractivity contribution in [2.75, 3.05) is 48.3 Å². The number of hydrogen-bond donors (Lipinski definition) is 2. The minimum Gasteiger partial charge on any atom is -0.372 e. The predicted molar refractivity (Wildman–Crippen MR) is 159 cm³/mol. The summed E-state index contributed by atoms with van der Waals surface area (Å²) >= 11 is 0. The summed E-state index contributed by atoms with van der Waals surface area (Å²) in [5, 5.41) is 2.56. The second-order valence-corrected chi connectivity index (χ2v) is 11.6. The number of alkyl halides is 3. The number of benzene rings is 1. The number of halogens is 4. The van der Waals surface area contributed by atoms with Crippen molar-refractivity contribution in [1.82, 2.24) is 19.9 Å². The molecule has 4 atom stereocenters. The number of carbonyl (C=O) groups is 1. The maximum atomic E-state index is 15.8. The van der Waals surface area contributed by atoms with Crippen molar-refractivity contribution in [2.45, 2.75) is 58.2 Å². The van der Waals surface area contributed by atoms with Gasteiger partial charge in [0, 0.05) is 74.0 Å². The number of anilines is 3. The summed E-state index contributed by atoms with van der Waals surface area (Å²) in [5.74, 6) is -1.26. The molecule has 2 saturated heterocycles. The summed E-state index contributed by atoms with van der Waals surface area (Å²) < 4.78 is 62.8. The zero-order valence-corrected chi connectivity index (χ0v) is 25.1. The number of likely N-dealkylation sites (N-methyl/N-ethyl adjacent to an activating group) is 1. The number of piperazine rings is 1. The molecule has 0 bridgehead atoms. The Balaban J connectivity index is 1.54. The average Bonchev–Trinajstić information content (AvgIpc) is 2.95. The highest BCUT2D eigenvalue weighted by atomic mass is 19.4. The van der Waals surface area contributed by atoms with Crippen LogP contribution in [-0.2, 0) is 10.9 Å². The van der Waals surface area contributed by atoms with Gasteiger partial charge in [-0.2, -0.15) is 13.2 Å². The molecule has 0 saturated carbocycles. The second kappa shape index (κ2) is 12.2. The van der Waals surface area contributed by atoms with Gasteiger partial charge < -0.3 is 24.8 Å². The number of amides is 1. The summed E-state index contributed by atoms with van der Waals surface area (Å²) in [6.45, 7) is 10.1. The van der Waals surface area contributed by atoms with E-state index in [2.05, 4.69) is 25.2 Å². The number of ether oxygens (including phenoxy) is 1. The van der Waals surface area contributed by atoms with Crippen LogP contribution in [0.2, 0.25) is 0 Å². The van der Waals surface area contributed by atoms with Crippen LogP contribution in [0.5, 0.6) is 0 Å². The topological polar surface area (TPSA) is 107 Å². The SMILES string of the molecule is C[C@@H]1CN(c2ncc(-c3cc(NC(=O)c4c[nH]c(=O)cc4C(F)(F)F)c(N4C[C@H](C)N(C)[C@@H](C)C4)cc3F)cn2)C[C@H](C)O1. The number of nitrogens with zero attached hydrogens (tertiary/aromatic N) is 5. The Bertz CT molecular complexity index is 1560. The Labute approximate surface area is 252 Å². The molecule has 10 nitrogen and oxygen atoms in total. The number of carbonyl (C=O) groups excluding carboxylic acids is 1. The van der Waals surface area contributed by atoms with E-state index in [1.165, 1.54) is 24.5 Å². The van der Waals surface area contributed by atoms with Gasteiger partial charge >= 0.3 is 6.18 Å². The number of H-pyrrole nitrogens is 1. The molecule has 2 aliphatic heterocycles. The van der Waals surface area contributed by atoms with E-state index in [-0.39, 0.29) is 35.5 Å². The number of aromatic amines is 1. The van der Waals surface area contributed by atoms with Crippen molar-refractivity contribution < 1.29 is 27.1 Å². The van der Waals surface area contributed by atoms with Gasteiger partial charge in [0.25, 0.3) is 5.91 Å². The lowest BCUT2D eigenvalue weighted by Crippen LogP contribution is -2.55. The molecule has 2 N–H and O–H groups in total. The minimum absolute atomic E-state index is 0.0153. The van der Waals surface area contributed by atoms with E-state index in [9.17, 15) is 22.8 Å². The molecule has 1 amide bonds. The maximum Gasteiger partial charge on any atom is 0.417 e. The van der Waals surface area contributed by atoms with Gasteiger partial charge in [-0.15, -0.1) is 0 Å². The Kier molecular flexibility index (Phi) is 8.67. The van der Waals surface area contributed by atoms with Crippen LogP contribution in [0, 0.1) is 5.82 Å². The molecular formula is C30H35F4N7O3. The Morgan fingerprint density at radius 2 is 1.59 bits per heavy atom. The molecule has 0 radical (unpaired) electrons. The zero-order valence-electron chi connectivity index (χ0n) is 25.1. The summed E-state index contributed by atoms with van der Waals surface area (Å²) in [5.41, 5.74) is -2.33. The highest BCUT2D eigenvalue weighted by Gasteiger charge is 2.36. The second-order valence-electron chi connectivity index (χ2n) is 11.6. The molecule has 0 spiro atoms. The van der Waals surface area contributed by atoms with Crippen molar-refractivity contribution in [1.29, 1.82) is 0 Å². The van der Waals surface area contributed by atoms with Crippen molar-refractivity contribution in [3.05, 3.63) is 64.1 Å². The number of pyridine rings is 1. The van der Waals surface area contributed by atoms with Crippen molar-refractivity contribution >= 4 is 23.2 Å². The molecule has 0 aliphatic carbocycles. The van der Waals surface area contributed by atoms with Crippen LogP contribution in [0.3, 0.4) is 0 Å². The maximum absolute atomic E-state index is 15.8. The normalized spacial score (nSPS) is 23.1. The molecule has 236 valence electrons. The van der Waals surface area contributed by atoms with E-state index in [0.717, 1.165) is 6.20 Å². The molecule has 5 rings (SSSR count). The first-order valence-electron chi connectivity index (χ1n) is 14.4. The molecule has 44 heavy (non-hydrogen) atoms. The smallest absolute Gasteiger partial charge is 0.372 e. The van der Waals surface area contributed by atoms with E-state index in [0.29, 0.717) is 49.4 Å². The lowest BCUT2D eigenvalue weighted by molar-refractivity contribution is -0.138. The first kappa shape index (κ1) is 31.4. The van der Waals surface area contributed by atoms with Crippen LogP contribution in [0.1, 0.15) is 43.6 Å².